The van der Waals surface area contributed by atoms with Crippen LogP contribution in [0.1, 0.15) is 35.7 Å². The van der Waals surface area contributed by atoms with Crippen molar-refractivity contribution in [2.45, 2.75) is 50.7 Å². The van der Waals surface area contributed by atoms with E-state index in [0.717, 1.165) is 22.6 Å². The summed E-state index contributed by atoms with van der Waals surface area (Å²) in [5, 5.41) is 4.70. The maximum Gasteiger partial charge on any atom is 0.221 e. The summed E-state index contributed by atoms with van der Waals surface area (Å²) in [5.74, 6) is 2.58. The summed E-state index contributed by atoms with van der Waals surface area (Å²) < 4.78 is 1.48. The van der Waals surface area contributed by atoms with Gasteiger partial charge in [0.25, 0.3) is 0 Å². The summed E-state index contributed by atoms with van der Waals surface area (Å²) in [6.07, 6.45) is 6.26. The summed E-state index contributed by atoms with van der Waals surface area (Å²) in [7, 11) is 1.97. The first kappa shape index (κ1) is 17.8. The van der Waals surface area contributed by atoms with Crippen LogP contribution in [0.15, 0.2) is 17.0 Å². The van der Waals surface area contributed by atoms with Gasteiger partial charge in [-0.2, -0.15) is 5.10 Å². The Labute approximate surface area is 154 Å². The molecule has 130 valence electrons. The van der Waals surface area contributed by atoms with Crippen molar-refractivity contribution in [1.82, 2.24) is 9.78 Å². The fourth-order valence-corrected chi connectivity index (χ4v) is 4.86. The Hall–Kier alpha value is -1.99. The zero-order chi connectivity index (χ0) is 18.5. The maximum absolute atomic E-state index is 12.3. The number of carbonyl (C=O) groups is 1. The van der Waals surface area contributed by atoms with Gasteiger partial charge in [-0.25, -0.2) is 0 Å². The Morgan fingerprint density at radius 2 is 1.96 bits per heavy atom. The van der Waals surface area contributed by atoms with Crippen LogP contribution < -0.4 is 0 Å². The Balaban J connectivity index is 2.07. The molecule has 0 saturated heterocycles. The molecule has 1 saturated carbocycles. The summed E-state index contributed by atoms with van der Waals surface area (Å²) in [6.45, 7) is 10.5. The molecule has 25 heavy (non-hydrogen) atoms. The molecule has 1 aliphatic carbocycles. The lowest BCUT2D eigenvalue weighted by molar-refractivity contribution is -0.114. The third-order valence-electron chi connectivity index (χ3n) is 5.46. The van der Waals surface area contributed by atoms with E-state index in [9.17, 15) is 4.79 Å². The van der Waals surface area contributed by atoms with E-state index in [2.05, 4.69) is 52.7 Å². The van der Waals surface area contributed by atoms with Crippen LogP contribution >= 0.6 is 11.8 Å². The first-order valence-electron chi connectivity index (χ1n) is 8.53. The minimum atomic E-state index is -0.443. The standard InChI is InChI=1S/C21H24N2OS/c1-8-19(24)21(11-14(21)4)25-18-10-17(12(2)9-13(18)3)20-15(5)16(6)23(7)22-20/h1,9-10,14H,11H2,2-7H3. The van der Waals surface area contributed by atoms with E-state index < -0.39 is 4.75 Å². The minimum absolute atomic E-state index is 0.0867. The molecule has 4 heteroatoms. The Morgan fingerprint density at radius 1 is 1.32 bits per heavy atom. The van der Waals surface area contributed by atoms with Gasteiger partial charge in [0.15, 0.2) is 0 Å². The molecule has 1 aliphatic rings. The van der Waals surface area contributed by atoms with Crippen molar-refractivity contribution < 1.29 is 4.79 Å². The first-order valence-corrected chi connectivity index (χ1v) is 9.34. The molecule has 1 aromatic carbocycles. The highest BCUT2D eigenvalue weighted by molar-refractivity contribution is 8.01. The molecule has 0 N–H and O–H groups in total. The van der Waals surface area contributed by atoms with Gasteiger partial charge in [0, 0.05) is 23.2 Å². The highest BCUT2D eigenvalue weighted by atomic mass is 32.2. The maximum atomic E-state index is 12.3. The number of aryl methyl sites for hydroxylation is 3. The summed E-state index contributed by atoms with van der Waals surface area (Å²) in [5.41, 5.74) is 6.88. The van der Waals surface area contributed by atoms with Gasteiger partial charge in [-0.3, -0.25) is 9.48 Å². The molecule has 2 atom stereocenters. The number of ketones is 1. The monoisotopic (exact) mass is 352 g/mol. The molecule has 0 aliphatic heterocycles. The molecule has 1 fully saturated rings. The highest BCUT2D eigenvalue weighted by Gasteiger charge is 2.57. The number of rotatable bonds is 4. The molecule has 0 spiro atoms. The first-order chi connectivity index (χ1) is 11.7. The smallest absolute Gasteiger partial charge is 0.221 e. The second-order valence-electron chi connectivity index (χ2n) is 7.19. The second kappa shape index (κ2) is 6.07. The number of hydrogen-bond acceptors (Lipinski definition) is 3. The largest absolute Gasteiger partial charge is 0.283 e. The molecule has 3 nitrogen and oxygen atoms in total. The van der Waals surface area contributed by atoms with Crippen molar-refractivity contribution in [2.24, 2.45) is 13.0 Å². The van der Waals surface area contributed by atoms with Gasteiger partial charge in [0.2, 0.25) is 5.78 Å². The number of hydrogen-bond donors (Lipinski definition) is 0. The van der Waals surface area contributed by atoms with Gasteiger partial charge in [0.1, 0.15) is 0 Å². The Kier molecular flexibility index (Phi) is 4.33. The number of carbonyl (C=O) groups excluding carboxylic acids is 1. The van der Waals surface area contributed by atoms with Crippen molar-refractivity contribution in [3.63, 3.8) is 0 Å². The molecular weight excluding hydrogens is 328 g/mol. The molecule has 1 heterocycles. The molecule has 3 rings (SSSR count). The van der Waals surface area contributed by atoms with E-state index in [0.29, 0.717) is 5.92 Å². The molecule has 0 amide bonds. The number of Topliss-reactive ketones (excluding diaryl/α,β-unsaturated/α-hetero) is 1. The highest BCUT2D eigenvalue weighted by Crippen LogP contribution is 2.58. The molecular formula is C21H24N2OS. The van der Waals surface area contributed by atoms with Gasteiger partial charge < -0.3 is 0 Å². The van der Waals surface area contributed by atoms with Crippen molar-refractivity contribution in [2.75, 3.05) is 0 Å². The fourth-order valence-electron chi connectivity index (χ4n) is 3.39. The lowest BCUT2D eigenvalue weighted by Crippen LogP contribution is -2.19. The van der Waals surface area contributed by atoms with Crippen molar-refractivity contribution in [3.05, 3.63) is 34.5 Å². The normalized spacial score (nSPS) is 21.9. The predicted molar refractivity (Wildman–Crippen MR) is 104 cm³/mol. The number of aromatic nitrogens is 2. The lowest BCUT2D eigenvalue weighted by Gasteiger charge is -2.16. The third-order valence-corrected chi connectivity index (χ3v) is 7.24. The van der Waals surface area contributed by atoms with Crippen molar-refractivity contribution >= 4 is 17.5 Å². The average Bonchev–Trinajstić information content (AvgIpc) is 3.16. The number of thioether (sulfide) groups is 1. The van der Waals surface area contributed by atoms with Gasteiger partial charge in [0.05, 0.1) is 10.4 Å². The van der Waals surface area contributed by atoms with Gasteiger partial charge in [-0.15, -0.1) is 18.2 Å². The molecule has 0 radical (unpaired) electrons. The van der Waals surface area contributed by atoms with Crippen LogP contribution in [0.4, 0.5) is 0 Å². The van der Waals surface area contributed by atoms with Gasteiger partial charge in [-0.1, -0.05) is 13.0 Å². The molecule has 0 bridgehead atoms. The number of terminal acetylenes is 1. The van der Waals surface area contributed by atoms with Crippen molar-refractivity contribution in [1.29, 1.82) is 0 Å². The van der Waals surface area contributed by atoms with Crippen LogP contribution in [0.5, 0.6) is 0 Å². The van der Waals surface area contributed by atoms with Crippen LogP contribution in [-0.4, -0.2) is 20.3 Å². The predicted octanol–water partition coefficient (Wildman–Crippen LogP) is 4.39. The van der Waals surface area contributed by atoms with Gasteiger partial charge >= 0.3 is 0 Å². The van der Waals surface area contributed by atoms with E-state index in [4.69, 9.17) is 11.5 Å². The van der Waals surface area contributed by atoms with Crippen LogP contribution in [0.25, 0.3) is 11.3 Å². The quantitative estimate of drug-likeness (QED) is 0.604. The zero-order valence-electron chi connectivity index (χ0n) is 15.7. The van der Waals surface area contributed by atoms with E-state index in [-0.39, 0.29) is 5.78 Å². The van der Waals surface area contributed by atoms with E-state index in [1.165, 1.54) is 22.4 Å². The minimum Gasteiger partial charge on any atom is -0.283 e. The Morgan fingerprint density at radius 3 is 2.44 bits per heavy atom. The van der Waals surface area contributed by atoms with Gasteiger partial charge in [-0.05, 0) is 68.7 Å². The van der Waals surface area contributed by atoms with E-state index in [1.807, 2.05) is 11.7 Å². The number of nitrogens with zero attached hydrogens (tertiary/aromatic N) is 2. The fraction of sp³-hybridized carbons (Fsp3) is 0.429. The second-order valence-corrected chi connectivity index (χ2v) is 8.56. The molecule has 1 aromatic heterocycles. The van der Waals surface area contributed by atoms with Crippen LogP contribution in [0.2, 0.25) is 0 Å². The summed E-state index contributed by atoms with van der Waals surface area (Å²) >= 11 is 1.63. The zero-order valence-corrected chi connectivity index (χ0v) is 16.5. The van der Waals surface area contributed by atoms with Crippen LogP contribution in [0.3, 0.4) is 0 Å². The summed E-state index contributed by atoms with van der Waals surface area (Å²) in [6, 6.07) is 4.36. The Bertz CT molecular complexity index is 919. The van der Waals surface area contributed by atoms with Crippen molar-refractivity contribution in [3.8, 4) is 23.6 Å². The SMILES string of the molecule is C#CC(=O)C1(Sc2cc(-c3nn(C)c(C)c3C)c(C)cc2C)CC1C. The lowest BCUT2D eigenvalue weighted by atomic mass is 10.0. The number of benzene rings is 1. The van der Waals surface area contributed by atoms with Crippen LogP contribution in [-0.2, 0) is 11.8 Å². The average molecular weight is 353 g/mol. The molecule has 2 aromatic rings. The van der Waals surface area contributed by atoms with Crippen LogP contribution in [0, 0.1) is 46.0 Å². The summed E-state index contributed by atoms with van der Waals surface area (Å²) in [4.78, 5) is 13.4. The third kappa shape index (κ3) is 2.81. The van der Waals surface area contributed by atoms with E-state index in [1.54, 1.807) is 11.8 Å². The topological polar surface area (TPSA) is 34.9 Å². The van der Waals surface area contributed by atoms with E-state index >= 15 is 0 Å². The molecule has 2 unspecified atom stereocenters.